The number of fused-ring (bicyclic) bond motifs is 6. The summed E-state index contributed by atoms with van der Waals surface area (Å²) in [5.41, 5.74) is 11.8. The van der Waals surface area contributed by atoms with E-state index in [1.165, 1.54) is 55.4 Å². The van der Waals surface area contributed by atoms with Gasteiger partial charge in [-0.05, 0) is 54.0 Å². The Bertz CT molecular complexity index is 2330. The van der Waals surface area contributed by atoms with Gasteiger partial charge in [0.15, 0.2) is 0 Å². The lowest BCUT2D eigenvalue weighted by molar-refractivity contribution is 0.745. The van der Waals surface area contributed by atoms with Crippen molar-refractivity contribution >= 4 is 33.2 Å². The molecule has 218 valence electrons. The zero-order valence-corrected chi connectivity index (χ0v) is 25.3. The van der Waals surface area contributed by atoms with E-state index in [1.54, 1.807) is 0 Å². The van der Waals surface area contributed by atoms with Crippen LogP contribution in [0, 0.1) is 11.3 Å². The first kappa shape index (κ1) is 26.5. The molecule has 2 heterocycles. The van der Waals surface area contributed by atoms with Gasteiger partial charge in [0, 0.05) is 50.7 Å². The van der Waals surface area contributed by atoms with Crippen molar-refractivity contribution in [1.82, 2.24) is 4.57 Å². The Morgan fingerprint density at radius 1 is 0.696 bits per heavy atom. The average molecular weight is 590 g/mol. The van der Waals surface area contributed by atoms with Crippen molar-refractivity contribution in [2.24, 2.45) is 0 Å². The molecule has 0 radical (unpaired) electrons. The predicted molar refractivity (Wildman–Crippen MR) is 190 cm³/mol. The fraction of sp³-hybridized carbons (Fsp3) is 0.0930. The maximum Gasteiger partial charge on any atom is 0.0988 e. The van der Waals surface area contributed by atoms with Gasteiger partial charge >= 0.3 is 0 Å². The molecule has 3 heteroatoms. The molecule has 3 nitrogen and oxygen atoms in total. The minimum absolute atomic E-state index is 0.174. The Morgan fingerprint density at radius 3 is 2.37 bits per heavy atom. The Hall–Kier alpha value is -5.85. The zero-order chi connectivity index (χ0) is 30.6. The van der Waals surface area contributed by atoms with Crippen LogP contribution in [0.1, 0.15) is 29.4 Å². The van der Waals surface area contributed by atoms with Gasteiger partial charge in [0.2, 0.25) is 0 Å². The van der Waals surface area contributed by atoms with Crippen molar-refractivity contribution in [3.8, 4) is 22.9 Å². The van der Waals surface area contributed by atoms with Gasteiger partial charge in [-0.1, -0.05) is 121 Å². The maximum absolute atomic E-state index is 9.58. The van der Waals surface area contributed by atoms with Crippen LogP contribution in [-0.4, -0.2) is 10.6 Å². The predicted octanol–water partition coefficient (Wildman–Crippen LogP) is 10.7. The monoisotopic (exact) mass is 589 g/mol. The first-order chi connectivity index (χ1) is 22.8. The van der Waals surface area contributed by atoms with Crippen LogP contribution < -0.4 is 4.90 Å². The van der Waals surface area contributed by atoms with E-state index in [0.29, 0.717) is 0 Å². The molecule has 5 aromatic carbocycles. The Morgan fingerprint density at radius 2 is 1.46 bits per heavy atom. The van der Waals surface area contributed by atoms with Gasteiger partial charge in [-0.15, -0.1) is 0 Å². The molecular formula is C43H31N3. The Kier molecular flexibility index (Phi) is 6.14. The molecule has 3 atom stereocenters. The van der Waals surface area contributed by atoms with Crippen LogP contribution in [0.15, 0.2) is 163 Å². The highest BCUT2D eigenvalue weighted by atomic mass is 15.2. The van der Waals surface area contributed by atoms with Crippen LogP contribution >= 0.6 is 0 Å². The second-order valence-electron chi connectivity index (χ2n) is 12.4. The maximum atomic E-state index is 9.58. The fourth-order valence-electron chi connectivity index (χ4n) is 7.87. The third-order valence-corrected chi connectivity index (χ3v) is 9.84. The van der Waals surface area contributed by atoms with E-state index in [-0.39, 0.29) is 17.9 Å². The molecule has 0 spiro atoms. The SMILES string of the molecule is N#CC1=CC(c2cccc(-n3c4ccccc4c4cccc(-c5cccc6c5N(c5ccccc5)C5C=CC=CC65)c43)c2)CC=C1. The van der Waals surface area contributed by atoms with E-state index < -0.39 is 0 Å². The fourth-order valence-corrected chi connectivity index (χ4v) is 7.87. The van der Waals surface area contributed by atoms with Gasteiger partial charge in [-0.3, -0.25) is 0 Å². The minimum atomic E-state index is 0.174. The number of nitrogens with zero attached hydrogens (tertiary/aromatic N) is 3. The summed E-state index contributed by atoms with van der Waals surface area (Å²) >= 11 is 0. The van der Waals surface area contributed by atoms with E-state index in [0.717, 1.165) is 17.7 Å². The molecule has 0 amide bonds. The van der Waals surface area contributed by atoms with Crippen molar-refractivity contribution in [3.63, 3.8) is 0 Å². The zero-order valence-electron chi connectivity index (χ0n) is 25.3. The lowest BCUT2D eigenvalue weighted by Crippen LogP contribution is -2.28. The summed E-state index contributed by atoms with van der Waals surface area (Å²) in [7, 11) is 0. The van der Waals surface area contributed by atoms with E-state index in [2.05, 4.69) is 167 Å². The van der Waals surface area contributed by atoms with Gasteiger partial charge in [0.1, 0.15) is 0 Å². The Labute approximate surface area is 269 Å². The van der Waals surface area contributed by atoms with E-state index >= 15 is 0 Å². The molecule has 0 saturated heterocycles. The van der Waals surface area contributed by atoms with Crippen LogP contribution in [0.3, 0.4) is 0 Å². The summed E-state index contributed by atoms with van der Waals surface area (Å²) in [5, 5.41) is 12.1. The molecule has 0 saturated carbocycles. The average Bonchev–Trinajstić information content (AvgIpc) is 3.65. The summed E-state index contributed by atoms with van der Waals surface area (Å²) < 4.78 is 2.45. The lowest BCUT2D eigenvalue weighted by Gasteiger charge is -2.30. The van der Waals surface area contributed by atoms with Crippen LogP contribution in [0.25, 0.3) is 38.6 Å². The number of para-hydroxylation sites is 4. The van der Waals surface area contributed by atoms with Crippen molar-refractivity contribution in [2.45, 2.75) is 24.3 Å². The first-order valence-corrected chi connectivity index (χ1v) is 16.0. The minimum Gasteiger partial charge on any atom is -0.333 e. The van der Waals surface area contributed by atoms with Crippen LogP contribution in [0.4, 0.5) is 11.4 Å². The summed E-state index contributed by atoms with van der Waals surface area (Å²) in [6, 6.07) is 44.6. The number of allylic oxidation sites excluding steroid dienone is 6. The standard InChI is InChI=1S/C43H31N3/c44-28-29-12-8-13-30(26-29)31-14-9-17-33(27-31)46-41-25-7-5-19-35(41)37-21-11-23-39(43(37)46)38-22-10-20-36-34-18-4-6-24-40(34)45(42(36)38)32-15-2-1-3-16-32/h1-12,14-27,30,34,40H,13H2. The molecule has 3 unspecified atom stereocenters. The Balaban J connectivity index is 1.31. The van der Waals surface area contributed by atoms with Crippen molar-refractivity contribution in [3.05, 3.63) is 174 Å². The molecule has 0 N–H and O–H groups in total. The number of anilines is 2. The summed E-state index contributed by atoms with van der Waals surface area (Å²) in [6.45, 7) is 0. The first-order valence-electron chi connectivity index (χ1n) is 16.0. The quantitative estimate of drug-likeness (QED) is 0.205. The number of rotatable bonds is 4. The van der Waals surface area contributed by atoms with E-state index in [4.69, 9.17) is 0 Å². The van der Waals surface area contributed by atoms with E-state index in [1.807, 2.05) is 6.08 Å². The second kappa shape index (κ2) is 10.6. The molecular weight excluding hydrogens is 558 g/mol. The third-order valence-electron chi connectivity index (χ3n) is 9.84. The molecule has 1 aromatic heterocycles. The number of hydrogen-bond donors (Lipinski definition) is 0. The molecule has 9 rings (SSSR count). The van der Waals surface area contributed by atoms with Crippen LogP contribution in [-0.2, 0) is 0 Å². The highest BCUT2D eigenvalue weighted by Crippen LogP contribution is 2.53. The van der Waals surface area contributed by atoms with Gasteiger partial charge in [-0.25, -0.2) is 0 Å². The van der Waals surface area contributed by atoms with Crippen molar-refractivity contribution in [2.75, 3.05) is 4.90 Å². The normalized spacial score (nSPS) is 19.7. The molecule has 1 aliphatic heterocycles. The largest absolute Gasteiger partial charge is 0.333 e. The molecule has 46 heavy (non-hydrogen) atoms. The van der Waals surface area contributed by atoms with Crippen molar-refractivity contribution < 1.29 is 0 Å². The highest BCUT2D eigenvalue weighted by molar-refractivity contribution is 6.15. The lowest BCUT2D eigenvalue weighted by atomic mass is 9.89. The summed E-state index contributed by atoms with van der Waals surface area (Å²) in [6.07, 6.45) is 16.1. The van der Waals surface area contributed by atoms with Gasteiger partial charge < -0.3 is 9.47 Å². The smallest absolute Gasteiger partial charge is 0.0988 e. The summed E-state index contributed by atoms with van der Waals surface area (Å²) in [4.78, 5) is 2.54. The second-order valence-corrected chi connectivity index (χ2v) is 12.4. The number of hydrogen-bond acceptors (Lipinski definition) is 2. The molecule has 0 fully saturated rings. The molecule has 2 aliphatic carbocycles. The molecule has 0 bridgehead atoms. The number of aromatic nitrogens is 1. The third kappa shape index (κ3) is 4.04. The van der Waals surface area contributed by atoms with Crippen molar-refractivity contribution in [1.29, 1.82) is 5.26 Å². The van der Waals surface area contributed by atoms with Gasteiger partial charge in [0.25, 0.3) is 0 Å². The van der Waals surface area contributed by atoms with Crippen LogP contribution in [0.5, 0.6) is 0 Å². The highest BCUT2D eigenvalue weighted by Gasteiger charge is 2.39. The molecule has 6 aromatic rings. The van der Waals surface area contributed by atoms with E-state index in [9.17, 15) is 5.26 Å². The van der Waals surface area contributed by atoms with Gasteiger partial charge in [-0.2, -0.15) is 5.26 Å². The van der Waals surface area contributed by atoms with Crippen LogP contribution in [0.2, 0.25) is 0 Å². The topological polar surface area (TPSA) is 32.0 Å². The number of nitriles is 1. The summed E-state index contributed by atoms with van der Waals surface area (Å²) in [5.74, 6) is 0.464. The molecule has 3 aliphatic rings. The van der Waals surface area contributed by atoms with Gasteiger partial charge in [0.05, 0.1) is 28.8 Å². The number of benzene rings is 5.